The van der Waals surface area contributed by atoms with Gasteiger partial charge in [-0.3, -0.25) is 4.79 Å². The number of benzene rings is 3. The molecule has 0 bridgehead atoms. The van der Waals surface area contributed by atoms with E-state index >= 15 is 0 Å². The minimum atomic E-state index is -1.37. The molecule has 0 aromatic heterocycles. The number of ketones is 1. The SMILES string of the molecule is Cc1cc(CC[C@H]2CN(C(=O)Oc3ccccc3)C[C@@H]2C(=O)c2ccc(F)cc2)cc(C)c1OC(C)(C)C(=O)O. The summed E-state index contributed by atoms with van der Waals surface area (Å²) < 4.78 is 24.8. The van der Waals surface area contributed by atoms with Crippen LogP contribution in [0.5, 0.6) is 11.5 Å². The Balaban J connectivity index is 1.51. The van der Waals surface area contributed by atoms with Crippen LogP contribution in [0.25, 0.3) is 0 Å². The summed E-state index contributed by atoms with van der Waals surface area (Å²) in [5, 5.41) is 9.45. The summed E-state index contributed by atoms with van der Waals surface area (Å²) in [4.78, 5) is 39.5. The van der Waals surface area contributed by atoms with Gasteiger partial charge in [-0.1, -0.05) is 30.3 Å². The lowest BCUT2D eigenvalue weighted by Gasteiger charge is -2.25. The highest BCUT2D eigenvalue weighted by molar-refractivity contribution is 5.98. The largest absolute Gasteiger partial charge is 0.478 e. The fourth-order valence-electron chi connectivity index (χ4n) is 5.09. The van der Waals surface area contributed by atoms with Crippen molar-refractivity contribution in [3.63, 3.8) is 0 Å². The smallest absolute Gasteiger partial charge is 0.415 e. The van der Waals surface area contributed by atoms with Gasteiger partial charge in [0, 0.05) is 24.6 Å². The topological polar surface area (TPSA) is 93.1 Å². The number of carbonyl (C=O) groups is 3. The Bertz CT molecular complexity index is 1360. The van der Waals surface area contributed by atoms with Crippen LogP contribution in [0.4, 0.5) is 9.18 Å². The van der Waals surface area contributed by atoms with Gasteiger partial charge in [0.15, 0.2) is 11.4 Å². The number of ether oxygens (including phenoxy) is 2. The number of carbonyl (C=O) groups excluding carboxylic acids is 2. The molecule has 1 saturated heterocycles. The molecule has 7 nitrogen and oxygen atoms in total. The number of likely N-dealkylation sites (tertiary alicyclic amines) is 1. The molecule has 210 valence electrons. The number of rotatable bonds is 9. The second-order valence-electron chi connectivity index (χ2n) is 10.8. The lowest BCUT2D eigenvalue weighted by molar-refractivity contribution is -0.152. The van der Waals surface area contributed by atoms with Gasteiger partial charge < -0.3 is 19.5 Å². The van der Waals surface area contributed by atoms with Crippen LogP contribution in [-0.4, -0.2) is 46.5 Å². The normalized spacial score (nSPS) is 17.0. The molecule has 40 heavy (non-hydrogen) atoms. The predicted octanol–water partition coefficient (Wildman–Crippen LogP) is 6.25. The lowest BCUT2D eigenvalue weighted by atomic mass is 9.84. The Kier molecular flexibility index (Phi) is 8.57. The Hall–Kier alpha value is -4.20. The summed E-state index contributed by atoms with van der Waals surface area (Å²) in [5.41, 5.74) is 1.70. The van der Waals surface area contributed by atoms with Crippen LogP contribution in [0.2, 0.25) is 0 Å². The Labute approximate surface area is 233 Å². The number of halogens is 1. The van der Waals surface area contributed by atoms with E-state index in [2.05, 4.69) is 0 Å². The lowest BCUT2D eigenvalue weighted by Crippen LogP contribution is -2.38. The molecule has 4 rings (SSSR count). The number of Topliss-reactive ketones (excluding diaryl/α,β-unsaturated/α-hetero) is 1. The molecule has 2 atom stereocenters. The quantitative estimate of drug-likeness (QED) is 0.319. The molecule has 0 spiro atoms. The van der Waals surface area contributed by atoms with Crippen LogP contribution >= 0.6 is 0 Å². The van der Waals surface area contributed by atoms with E-state index in [1.807, 2.05) is 32.0 Å². The van der Waals surface area contributed by atoms with Crippen molar-refractivity contribution in [2.24, 2.45) is 11.8 Å². The van der Waals surface area contributed by atoms with Gasteiger partial charge >= 0.3 is 12.1 Å². The first-order valence-corrected chi connectivity index (χ1v) is 13.3. The standard InChI is InChI=1S/C32H34FNO6/c1-20-16-22(17-21(2)29(20)40-32(3,4)30(36)37)10-11-24-18-34(31(38)39-26-8-6-5-7-9-26)19-27(24)28(35)23-12-14-25(33)15-13-23/h5-9,12-17,24,27H,10-11,18-19H2,1-4H3,(H,36,37)/t24-,27-/m0/s1. The van der Waals surface area contributed by atoms with Gasteiger partial charge in [0.05, 0.1) is 0 Å². The maximum absolute atomic E-state index is 13.5. The molecule has 0 saturated carbocycles. The van der Waals surface area contributed by atoms with Crippen molar-refractivity contribution in [2.75, 3.05) is 13.1 Å². The maximum Gasteiger partial charge on any atom is 0.415 e. The fraction of sp³-hybridized carbons (Fsp3) is 0.344. The summed E-state index contributed by atoms with van der Waals surface area (Å²) in [6, 6.07) is 18.2. The van der Waals surface area contributed by atoms with E-state index in [0.29, 0.717) is 36.4 Å². The monoisotopic (exact) mass is 547 g/mol. The van der Waals surface area contributed by atoms with Crippen LogP contribution in [0, 0.1) is 31.5 Å². The first kappa shape index (κ1) is 28.8. The molecule has 1 fully saturated rings. The second kappa shape index (κ2) is 11.9. The van der Waals surface area contributed by atoms with Crippen molar-refractivity contribution in [1.82, 2.24) is 4.90 Å². The minimum Gasteiger partial charge on any atom is -0.478 e. The number of para-hydroxylation sites is 1. The van der Waals surface area contributed by atoms with Crippen molar-refractivity contribution >= 4 is 17.8 Å². The zero-order valence-electron chi connectivity index (χ0n) is 23.1. The Morgan fingerprint density at radius 2 is 1.60 bits per heavy atom. The third-order valence-electron chi connectivity index (χ3n) is 7.31. The number of hydrogen-bond acceptors (Lipinski definition) is 5. The van der Waals surface area contributed by atoms with E-state index in [1.54, 1.807) is 29.2 Å². The molecule has 8 heteroatoms. The number of hydrogen-bond donors (Lipinski definition) is 1. The van der Waals surface area contributed by atoms with Crippen LogP contribution in [0.15, 0.2) is 66.7 Å². The Morgan fingerprint density at radius 3 is 2.20 bits per heavy atom. The van der Waals surface area contributed by atoms with Gasteiger partial charge in [0.2, 0.25) is 0 Å². The molecule has 1 aliphatic heterocycles. The van der Waals surface area contributed by atoms with Gasteiger partial charge in [-0.25, -0.2) is 14.0 Å². The number of amides is 1. The molecule has 0 aliphatic carbocycles. The van der Waals surface area contributed by atoms with E-state index in [-0.39, 0.29) is 18.2 Å². The summed E-state index contributed by atoms with van der Waals surface area (Å²) in [5.74, 6) is -1.24. The number of aliphatic carboxylic acids is 1. The third-order valence-corrected chi connectivity index (χ3v) is 7.31. The first-order valence-electron chi connectivity index (χ1n) is 13.3. The first-order chi connectivity index (χ1) is 18.9. The summed E-state index contributed by atoms with van der Waals surface area (Å²) >= 11 is 0. The van der Waals surface area contributed by atoms with Gasteiger partial charge in [0.1, 0.15) is 17.3 Å². The van der Waals surface area contributed by atoms with E-state index in [1.165, 1.54) is 38.1 Å². The number of carboxylic acid groups (broad SMARTS) is 1. The molecule has 0 radical (unpaired) electrons. The third kappa shape index (κ3) is 6.68. The summed E-state index contributed by atoms with van der Waals surface area (Å²) in [6.45, 7) is 7.34. The summed E-state index contributed by atoms with van der Waals surface area (Å²) in [7, 11) is 0. The average molecular weight is 548 g/mol. The second-order valence-corrected chi connectivity index (χ2v) is 10.8. The molecule has 3 aromatic rings. The van der Waals surface area contributed by atoms with Gasteiger partial charge in [-0.05, 0) is 99.5 Å². The molecule has 3 aromatic carbocycles. The van der Waals surface area contributed by atoms with Crippen molar-refractivity contribution in [1.29, 1.82) is 0 Å². The van der Waals surface area contributed by atoms with E-state index in [0.717, 1.165) is 16.7 Å². The zero-order chi connectivity index (χ0) is 29.0. The van der Waals surface area contributed by atoms with Gasteiger partial charge in [0.25, 0.3) is 0 Å². The van der Waals surface area contributed by atoms with E-state index in [4.69, 9.17) is 9.47 Å². The maximum atomic E-state index is 13.5. The van der Waals surface area contributed by atoms with E-state index in [9.17, 15) is 23.9 Å². The zero-order valence-corrected chi connectivity index (χ0v) is 23.1. The van der Waals surface area contributed by atoms with Crippen LogP contribution < -0.4 is 9.47 Å². The molecule has 1 heterocycles. The van der Waals surface area contributed by atoms with Crippen molar-refractivity contribution in [3.05, 3.63) is 94.8 Å². The summed E-state index contributed by atoms with van der Waals surface area (Å²) in [6.07, 6.45) is 0.760. The fourth-order valence-corrected chi connectivity index (χ4v) is 5.09. The highest BCUT2D eigenvalue weighted by Crippen LogP contribution is 2.33. The van der Waals surface area contributed by atoms with Gasteiger partial charge in [-0.2, -0.15) is 0 Å². The highest BCUT2D eigenvalue weighted by atomic mass is 19.1. The van der Waals surface area contributed by atoms with Crippen molar-refractivity contribution < 1.29 is 33.4 Å². The number of carboxylic acids is 1. The predicted molar refractivity (Wildman–Crippen MR) is 148 cm³/mol. The van der Waals surface area contributed by atoms with Crippen LogP contribution in [-0.2, 0) is 11.2 Å². The Morgan fingerprint density at radius 1 is 0.975 bits per heavy atom. The molecule has 1 amide bonds. The minimum absolute atomic E-state index is 0.132. The molecule has 1 N–H and O–H groups in total. The van der Waals surface area contributed by atoms with Gasteiger partial charge in [-0.15, -0.1) is 0 Å². The highest BCUT2D eigenvalue weighted by Gasteiger charge is 2.40. The molecule has 1 aliphatic rings. The van der Waals surface area contributed by atoms with E-state index < -0.39 is 29.4 Å². The molecular formula is C32H34FNO6. The van der Waals surface area contributed by atoms with Crippen LogP contribution in [0.3, 0.4) is 0 Å². The molecule has 0 unspecified atom stereocenters. The van der Waals surface area contributed by atoms with Crippen LogP contribution in [0.1, 0.15) is 47.3 Å². The average Bonchev–Trinajstić information content (AvgIpc) is 3.34. The number of aryl methyl sites for hydroxylation is 3. The van der Waals surface area contributed by atoms with Crippen molar-refractivity contribution in [3.8, 4) is 11.5 Å². The molecular weight excluding hydrogens is 513 g/mol. The number of nitrogens with zero attached hydrogens (tertiary/aromatic N) is 1. The van der Waals surface area contributed by atoms with Crippen molar-refractivity contribution in [2.45, 2.75) is 46.1 Å².